The summed E-state index contributed by atoms with van der Waals surface area (Å²) in [5.41, 5.74) is 1.01. The lowest BCUT2D eigenvalue weighted by molar-refractivity contribution is -0.295. The number of hydrogen-bond acceptors (Lipinski definition) is 7. The minimum Gasteiger partial charge on any atom is -0.515 e. The summed E-state index contributed by atoms with van der Waals surface area (Å²) in [5, 5.41) is 11.7. The van der Waals surface area contributed by atoms with Crippen molar-refractivity contribution in [3.63, 3.8) is 0 Å². The summed E-state index contributed by atoms with van der Waals surface area (Å²) < 4.78 is 33.9. The maximum Gasteiger partial charge on any atom is 0.317 e. The third-order valence-corrected chi connectivity index (χ3v) is 30.7. The fourth-order valence-corrected chi connectivity index (χ4v) is 17.7. The van der Waals surface area contributed by atoms with Crippen LogP contribution in [0.3, 0.4) is 0 Å². The molecule has 1 heterocycles. The molecule has 0 aliphatic carbocycles. The number of rotatable bonds is 26. The molecule has 66 heavy (non-hydrogen) atoms. The lowest BCUT2D eigenvalue weighted by Crippen LogP contribution is -2.49. The van der Waals surface area contributed by atoms with E-state index in [1.165, 1.54) is 0 Å². The fourth-order valence-electron chi connectivity index (χ4n) is 9.63. The first-order valence-corrected chi connectivity index (χ1v) is 33.9. The summed E-state index contributed by atoms with van der Waals surface area (Å²) in [6, 6.07) is 0. The highest BCUT2D eigenvalue weighted by atomic mass is 28.4. The quantitative estimate of drug-likeness (QED) is 0.0400. The van der Waals surface area contributed by atoms with E-state index in [0.717, 1.165) is 25.7 Å². The smallest absolute Gasteiger partial charge is 0.317 e. The van der Waals surface area contributed by atoms with Crippen LogP contribution in [-0.4, -0.2) is 72.3 Å². The SMILES string of the molecule is C=C/C=C\[C@H](C)[C@H](O)[C@@H](C)[C@@H](CC[C@H](C)C[C@H](C)[C@@H](O[Si](C)(C)C(C)(C)C)[C@@H](C)/C=C\[C@@H]1C[C@@H]([C@H](C)/C=C/C=C\C(=O)O[Si](C(C)C)(C(C)C)C(C)C)OC(C)(C)O1)O[Si](C)(C)C(C)(C)C. The second-order valence-corrected chi connectivity index (χ2v) is 39.9. The molecule has 0 spiro atoms. The van der Waals surface area contributed by atoms with Gasteiger partial charge in [-0.2, -0.15) is 0 Å². The van der Waals surface area contributed by atoms with Gasteiger partial charge in [-0.25, -0.2) is 4.79 Å². The summed E-state index contributed by atoms with van der Waals surface area (Å²) in [7, 11) is -6.52. The second-order valence-electron chi connectivity index (χ2n) is 25.0. The van der Waals surface area contributed by atoms with E-state index in [0.29, 0.717) is 28.5 Å². The van der Waals surface area contributed by atoms with Crippen molar-refractivity contribution in [2.75, 3.05) is 0 Å². The van der Waals surface area contributed by atoms with Crippen LogP contribution in [0.4, 0.5) is 0 Å². The molecule has 0 aromatic carbocycles. The Hall–Kier alpha value is -1.38. The summed E-state index contributed by atoms with van der Waals surface area (Å²) in [4.78, 5) is 13.1. The van der Waals surface area contributed by atoms with E-state index in [2.05, 4.69) is 176 Å². The predicted molar refractivity (Wildman–Crippen MR) is 291 cm³/mol. The highest BCUT2D eigenvalue weighted by Gasteiger charge is 2.48. The van der Waals surface area contributed by atoms with Gasteiger partial charge in [-0.1, -0.05) is 180 Å². The molecule has 1 N–H and O–H groups in total. The van der Waals surface area contributed by atoms with Gasteiger partial charge in [0.15, 0.2) is 22.4 Å². The molecule has 1 aliphatic rings. The molecule has 0 radical (unpaired) electrons. The first-order chi connectivity index (χ1) is 30.0. The number of aliphatic hydroxyl groups excluding tert-OH is 1. The number of ether oxygens (including phenoxy) is 2. The summed E-state index contributed by atoms with van der Waals surface area (Å²) in [5.74, 6) is 0.0208. The molecule has 0 unspecified atom stereocenters. The van der Waals surface area contributed by atoms with E-state index >= 15 is 0 Å². The number of carbonyl (C=O) groups excluding carboxylic acids is 1. The van der Waals surface area contributed by atoms with E-state index in [1.807, 2.05) is 38.2 Å². The molecule has 1 fully saturated rings. The van der Waals surface area contributed by atoms with Crippen molar-refractivity contribution < 1.29 is 32.7 Å². The Labute approximate surface area is 411 Å². The predicted octanol–water partition coefficient (Wildman–Crippen LogP) is 16.2. The summed E-state index contributed by atoms with van der Waals surface area (Å²) in [6.07, 6.45) is 20.8. The van der Waals surface area contributed by atoms with Crippen LogP contribution >= 0.6 is 0 Å². The molecular weight excluding hydrogens is 869 g/mol. The first kappa shape index (κ1) is 62.6. The molecule has 7 nitrogen and oxygen atoms in total. The number of hydrogen-bond donors (Lipinski definition) is 1. The van der Waals surface area contributed by atoms with Crippen LogP contribution in [0.5, 0.6) is 0 Å². The third kappa shape index (κ3) is 18.7. The largest absolute Gasteiger partial charge is 0.515 e. The molecule has 384 valence electrons. The van der Waals surface area contributed by atoms with Gasteiger partial charge in [-0.15, -0.1) is 0 Å². The molecule has 10 heteroatoms. The number of allylic oxidation sites excluding steroid dienone is 4. The van der Waals surface area contributed by atoms with Gasteiger partial charge in [0, 0.05) is 30.3 Å². The van der Waals surface area contributed by atoms with Gasteiger partial charge in [0.05, 0.1) is 30.5 Å². The zero-order chi connectivity index (χ0) is 51.4. The van der Waals surface area contributed by atoms with E-state index in [1.54, 1.807) is 12.2 Å². The molecule has 0 aromatic rings. The average Bonchev–Trinajstić information content (AvgIpc) is 3.17. The molecule has 0 amide bonds. The van der Waals surface area contributed by atoms with Crippen molar-refractivity contribution in [1.82, 2.24) is 0 Å². The van der Waals surface area contributed by atoms with E-state index in [-0.39, 0.29) is 64.1 Å². The summed E-state index contributed by atoms with van der Waals surface area (Å²) >= 11 is 0. The van der Waals surface area contributed by atoms with E-state index in [9.17, 15) is 9.90 Å². The van der Waals surface area contributed by atoms with Gasteiger partial charge in [0.1, 0.15) is 0 Å². The Morgan fingerprint density at radius 1 is 0.742 bits per heavy atom. The van der Waals surface area contributed by atoms with Crippen LogP contribution < -0.4 is 0 Å². The van der Waals surface area contributed by atoms with Crippen molar-refractivity contribution in [3.05, 3.63) is 61.3 Å². The zero-order valence-corrected chi connectivity index (χ0v) is 50.2. The van der Waals surface area contributed by atoms with Crippen molar-refractivity contribution >= 4 is 30.9 Å². The Balaban J connectivity index is 3.30. The van der Waals surface area contributed by atoms with Gasteiger partial charge < -0.3 is 27.9 Å². The maximum absolute atomic E-state index is 13.1. The van der Waals surface area contributed by atoms with Gasteiger partial charge in [-0.05, 0) is 104 Å². The standard InChI is InChI=1S/C56H106O7Si3/c1-26-27-30-44(10)52(58)47(13)49(61-64(22,23)54(14,15)16)36-33-42(8)37-46(12)53(63-65(24,25)55(17,18)19)45(11)34-35-48-38-50(60-56(20,21)59-48)43(9)31-28-29-32-51(57)62-66(39(2)3,40(4)5)41(6)7/h26-32,34-35,39-50,52-53,58H,1,33,36-38H2,2-25H3/b30-27-,31-28+,32-29-,35-34-/t42-,43+,44-,45-,46-,47-,48+,49+,50-,52-,53-/m0/s1. The minimum atomic E-state index is -2.30. The van der Waals surface area contributed by atoms with Crippen LogP contribution in [0, 0.1) is 35.5 Å². The van der Waals surface area contributed by atoms with Crippen LogP contribution in [0.1, 0.15) is 164 Å². The molecule has 0 saturated carbocycles. The number of carbonyl (C=O) groups is 1. The van der Waals surface area contributed by atoms with E-state index < -0.39 is 36.8 Å². The third-order valence-electron chi connectivity index (χ3n) is 15.8. The minimum absolute atomic E-state index is 0.00487. The second kappa shape index (κ2) is 26.2. The Morgan fingerprint density at radius 2 is 1.27 bits per heavy atom. The molecule has 1 aliphatic heterocycles. The molecule has 0 bridgehead atoms. The van der Waals surface area contributed by atoms with Crippen molar-refractivity contribution in [3.8, 4) is 0 Å². The molecule has 0 aromatic heterocycles. The van der Waals surface area contributed by atoms with Gasteiger partial charge in [0.25, 0.3) is 8.32 Å². The van der Waals surface area contributed by atoms with Gasteiger partial charge >= 0.3 is 5.97 Å². The van der Waals surface area contributed by atoms with Crippen LogP contribution in [0.2, 0.25) is 52.9 Å². The van der Waals surface area contributed by atoms with Crippen molar-refractivity contribution in [2.24, 2.45) is 35.5 Å². The van der Waals surface area contributed by atoms with Crippen LogP contribution in [0.15, 0.2) is 61.3 Å². The molecular formula is C56H106O7Si3. The normalized spacial score (nSPS) is 22.6. The lowest BCUT2D eigenvalue weighted by Gasteiger charge is -2.44. The monoisotopic (exact) mass is 975 g/mol. The lowest BCUT2D eigenvalue weighted by atomic mass is 9.82. The molecule has 11 atom stereocenters. The zero-order valence-electron chi connectivity index (χ0n) is 47.2. The molecule has 1 rings (SSSR count). The summed E-state index contributed by atoms with van der Waals surface area (Å²) in [6.45, 7) is 57.7. The van der Waals surface area contributed by atoms with Crippen molar-refractivity contribution in [1.29, 1.82) is 0 Å². The first-order valence-electron chi connectivity index (χ1n) is 25.9. The highest BCUT2D eigenvalue weighted by molar-refractivity contribution is 6.79. The Bertz CT molecular complexity index is 1560. The van der Waals surface area contributed by atoms with Crippen LogP contribution in [-0.2, 0) is 27.5 Å². The average molecular weight is 976 g/mol. The van der Waals surface area contributed by atoms with Crippen LogP contribution in [0.25, 0.3) is 0 Å². The Morgan fingerprint density at radius 3 is 1.77 bits per heavy atom. The topological polar surface area (TPSA) is 83.5 Å². The highest BCUT2D eigenvalue weighted by Crippen LogP contribution is 2.44. The number of aliphatic hydroxyl groups is 1. The van der Waals surface area contributed by atoms with Crippen molar-refractivity contribution in [2.45, 2.75) is 253 Å². The van der Waals surface area contributed by atoms with Gasteiger partial charge in [-0.3, -0.25) is 0 Å². The Kier molecular flexibility index (Phi) is 24.8. The molecule has 1 saturated heterocycles. The maximum atomic E-state index is 13.1. The van der Waals surface area contributed by atoms with E-state index in [4.69, 9.17) is 22.8 Å². The van der Waals surface area contributed by atoms with Gasteiger partial charge in [0.2, 0.25) is 0 Å². The fraction of sp³-hybridized carbons (Fsp3) is 0.804.